The highest BCUT2D eigenvalue weighted by Gasteiger charge is 1.96. The topological polar surface area (TPSA) is 0 Å². The van der Waals surface area contributed by atoms with Crippen molar-refractivity contribution in [3.8, 4) is 0 Å². The Labute approximate surface area is 124 Å². The molecule has 90 valence electrons. The summed E-state index contributed by atoms with van der Waals surface area (Å²) < 4.78 is 2.13. The maximum absolute atomic E-state index is 3.58. The molecule has 0 spiro atoms. The largest absolute Gasteiger partial charge is 0.0622 e. The van der Waals surface area contributed by atoms with Gasteiger partial charge in [-0.25, -0.2) is 0 Å². The highest BCUT2D eigenvalue weighted by Crippen LogP contribution is 2.25. The van der Waals surface area contributed by atoms with Gasteiger partial charge in [0.25, 0.3) is 0 Å². The molecule has 0 nitrogen and oxygen atoms in total. The van der Waals surface area contributed by atoms with Crippen molar-refractivity contribution in [3.63, 3.8) is 0 Å². The average molecular weight is 364 g/mol. The Kier molecular flexibility index (Phi) is 4.97. The van der Waals surface area contributed by atoms with E-state index < -0.39 is 0 Å². The van der Waals surface area contributed by atoms with Crippen LogP contribution in [0.2, 0.25) is 0 Å². The van der Waals surface area contributed by atoms with Crippen LogP contribution in [0.5, 0.6) is 0 Å². The predicted octanol–water partition coefficient (Wildman–Crippen LogP) is 5.86. The molecule has 2 heteroatoms. The molecule has 0 saturated heterocycles. The Balaban J connectivity index is 2.20. The Morgan fingerprint density at radius 1 is 0.611 bits per heavy atom. The first-order chi connectivity index (χ1) is 8.77. The van der Waals surface area contributed by atoms with Gasteiger partial charge in [-0.2, -0.15) is 0 Å². The molecule has 18 heavy (non-hydrogen) atoms. The summed E-state index contributed by atoms with van der Waals surface area (Å²) in [5, 5.41) is 0. The zero-order valence-electron chi connectivity index (χ0n) is 9.68. The van der Waals surface area contributed by atoms with Gasteiger partial charge in [-0.3, -0.25) is 0 Å². The molecule has 0 amide bonds. The number of benzene rings is 2. The van der Waals surface area contributed by atoms with Crippen molar-refractivity contribution < 1.29 is 0 Å². The van der Waals surface area contributed by atoms with Crippen LogP contribution in [0.3, 0.4) is 0 Å². The van der Waals surface area contributed by atoms with E-state index in [2.05, 4.69) is 56.1 Å². The van der Waals surface area contributed by atoms with E-state index in [4.69, 9.17) is 0 Å². The van der Waals surface area contributed by atoms with Gasteiger partial charge in [0.1, 0.15) is 0 Å². The summed E-state index contributed by atoms with van der Waals surface area (Å²) >= 11 is 7.17. The lowest BCUT2D eigenvalue weighted by Gasteiger charge is -1.99. The lowest BCUT2D eigenvalue weighted by Crippen LogP contribution is -1.76. The molecular formula is C16H12Br2. The van der Waals surface area contributed by atoms with E-state index in [1.807, 2.05) is 48.6 Å². The molecule has 0 aliphatic carbocycles. The monoisotopic (exact) mass is 362 g/mol. The Morgan fingerprint density at radius 2 is 0.944 bits per heavy atom. The van der Waals surface area contributed by atoms with Gasteiger partial charge in [0, 0.05) is 8.96 Å². The van der Waals surface area contributed by atoms with Crippen LogP contribution >= 0.6 is 31.9 Å². The zero-order valence-corrected chi connectivity index (χ0v) is 12.9. The summed E-state index contributed by atoms with van der Waals surface area (Å²) in [5.41, 5.74) is 2.34. The van der Waals surface area contributed by atoms with Crippen LogP contribution in [0.15, 0.2) is 72.8 Å². The van der Waals surface area contributed by atoms with Crippen LogP contribution in [0, 0.1) is 0 Å². The maximum atomic E-state index is 3.58. The molecule has 2 aromatic carbocycles. The molecule has 0 aromatic heterocycles. The summed E-state index contributed by atoms with van der Waals surface area (Å²) in [6, 6.07) is 20.4. The van der Waals surface area contributed by atoms with Gasteiger partial charge < -0.3 is 0 Å². The number of rotatable bonds is 3. The molecular weight excluding hydrogens is 352 g/mol. The molecule has 0 aliphatic rings. The lowest BCUT2D eigenvalue weighted by molar-refractivity contribution is 1.64. The molecule has 0 bridgehead atoms. The molecule has 0 saturated carbocycles. The van der Waals surface area contributed by atoms with Crippen LogP contribution in [0.1, 0.15) is 11.1 Å². The van der Waals surface area contributed by atoms with E-state index in [9.17, 15) is 0 Å². The van der Waals surface area contributed by atoms with Crippen LogP contribution in [-0.4, -0.2) is 0 Å². The van der Waals surface area contributed by atoms with Gasteiger partial charge in [0.2, 0.25) is 0 Å². The van der Waals surface area contributed by atoms with Crippen LogP contribution < -0.4 is 0 Å². The van der Waals surface area contributed by atoms with Gasteiger partial charge in [-0.05, 0) is 23.3 Å². The van der Waals surface area contributed by atoms with Crippen molar-refractivity contribution in [1.82, 2.24) is 0 Å². The van der Waals surface area contributed by atoms with Gasteiger partial charge in [-0.15, -0.1) is 0 Å². The fourth-order valence-electron chi connectivity index (χ4n) is 1.53. The summed E-state index contributed by atoms with van der Waals surface area (Å²) in [4.78, 5) is 0. The lowest BCUT2D eigenvalue weighted by atomic mass is 10.2. The highest BCUT2D eigenvalue weighted by atomic mass is 79.9. The van der Waals surface area contributed by atoms with Crippen molar-refractivity contribution >= 4 is 40.8 Å². The molecule has 2 rings (SSSR count). The van der Waals surface area contributed by atoms with Gasteiger partial charge in [0.05, 0.1) is 0 Å². The number of hydrogen-bond acceptors (Lipinski definition) is 0. The van der Waals surface area contributed by atoms with E-state index in [1.54, 1.807) is 0 Å². The second-order valence-corrected chi connectivity index (χ2v) is 5.47. The van der Waals surface area contributed by atoms with Crippen molar-refractivity contribution in [1.29, 1.82) is 0 Å². The second kappa shape index (κ2) is 6.72. The first-order valence-corrected chi connectivity index (χ1v) is 7.20. The predicted molar refractivity (Wildman–Crippen MR) is 86.7 cm³/mol. The first-order valence-electron chi connectivity index (χ1n) is 5.61. The van der Waals surface area contributed by atoms with Crippen LogP contribution in [0.4, 0.5) is 0 Å². The molecule has 0 atom stereocenters. The molecule has 0 N–H and O–H groups in total. The third-order valence-electron chi connectivity index (χ3n) is 2.48. The summed E-state index contributed by atoms with van der Waals surface area (Å²) in [5.74, 6) is 0. The van der Waals surface area contributed by atoms with E-state index in [0.29, 0.717) is 0 Å². The smallest absolute Gasteiger partial charge is 0.0248 e. The van der Waals surface area contributed by atoms with E-state index in [-0.39, 0.29) is 0 Å². The van der Waals surface area contributed by atoms with Gasteiger partial charge in [0.15, 0.2) is 0 Å². The number of hydrogen-bond donors (Lipinski definition) is 0. The van der Waals surface area contributed by atoms with Gasteiger partial charge >= 0.3 is 0 Å². The highest BCUT2D eigenvalue weighted by molar-refractivity contribution is 9.15. The molecule has 0 unspecified atom stereocenters. The van der Waals surface area contributed by atoms with Crippen molar-refractivity contribution in [3.05, 3.63) is 83.9 Å². The molecule has 0 heterocycles. The minimum Gasteiger partial charge on any atom is -0.0622 e. The summed E-state index contributed by atoms with van der Waals surface area (Å²) in [6.07, 6.45) is 4.10. The number of halogens is 2. The molecule has 0 fully saturated rings. The Hall–Kier alpha value is -1.12. The van der Waals surface area contributed by atoms with Crippen LogP contribution in [0.25, 0.3) is 8.96 Å². The SMILES string of the molecule is Br/C(=C\C=C(/Br)c1ccccc1)c1ccccc1. The van der Waals surface area contributed by atoms with E-state index >= 15 is 0 Å². The van der Waals surface area contributed by atoms with Crippen molar-refractivity contribution in [2.45, 2.75) is 0 Å². The number of allylic oxidation sites excluding steroid dienone is 2. The Morgan fingerprint density at radius 3 is 1.28 bits per heavy atom. The quantitative estimate of drug-likeness (QED) is 0.599. The minimum absolute atomic E-state index is 1.07. The maximum Gasteiger partial charge on any atom is 0.0248 e. The van der Waals surface area contributed by atoms with E-state index in [1.165, 1.54) is 11.1 Å². The van der Waals surface area contributed by atoms with Gasteiger partial charge in [-0.1, -0.05) is 92.5 Å². The molecule has 0 radical (unpaired) electrons. The first kappa shape index (κ1) is 13.3. The standard InChI is InChI=1S/C16H12Br2/c17-15(13-7-3-1-4-8-13)11-12-16(18)14-9-5-2-6-10-14/h1-12H/b15-11-,16-12-. The summed E-state index contributed by atoms with van der Waals surface area (Å²) in [7, 11) is 0. The third kappa shape index (κ3) is 3.69. The fraction of sp³-hybridized carbons (Fsp3) is 0. The zero-order chi connectivity index (χ0) is 12.8. The minimum atomic E-state index is 1.07. The normalized spacial score (nSPS) is 12.6. The van der Waals surface area contributed by atoms with Crippen LogP contribution in [-0.2, 0) is 0 Å². The fourth-order valence-corrected chi connectivity index (χ4v) is 2.33. The second-order valence-electron chi connectivity index (χ2n) is 3.76. The van der Waals surface area contributed by atoms with Crippen molar-refractivity contribution in [2.24, 2.45) is 0 Å². The van der Waals surface area contributed by atoms with Crippen molar-refractivity contribution in [2.75, 3.05) is 0 Å². The molecule has 2 aromatic rings. The van der Waals surface area contributed by atoms with E-state index in [0.717, 1.165) is 8.96 Å². The average Bonchev–Trinajstić information content (AvgIpc) is 2.46. The molecule has 0 aliphatic heterocycles. The summed E-state index contributed by atoms with van der Waals surface area (Å²) in [6.45, 7) is 0. The third-order valence-corrected chi connectivity index (χ3v) is 3.92. The Bertz CT molecular complexity index is 501.